The minimum Gasteiger partial charge on any atom is -0.394 e. The predicted molar refractivity (Wildman–Crippen MR) is 339 cm³/mol. The van der Waals surface area contributed by atoms with Crippen LogP contribution in [0, 0.1) is 0 Å². The van der Waals surface area contributed by atoms with Crippen molar-refractivity contribution in [1.82, 2.24) is 5.32 Å². The van der Waals surface area contributed by atoms with E-state index in [0.29, 0.717) is 19.3 Å². The number of rotatable bonds is 64. The van der Waals surface area contributed by atoms with Crippen LogP contribution in [0.5, 0.6) is 0 Å². The number of hydrogen-bond donors (Lipinski definition) is 5. The fourth-order valence-electron chi connectivity index (χ4n) is 10.8. The highest BCUT2D eigenvalue weighted by Crippen LogP contribution is 2.18. The van der Waals surface area contributed by atoms with Crippen molar-refractivity contribution in [2.45, 2.75) is 391 Å². The van der Waals surface area contributed by atoms with Gasteiger partial charge >= 0.3 is 0 Å². The third kappa shape index (κ3) is 58.7. The molecule has 0 aliphatic carbocycles. The molecular weight excluding hydrogens is 947 g/mol. The molecule has 4 unspecified atom stereocenters. The largest absolute Gasteiger partial charge is 0.394 e. The Bertz CT molecular complexity index is 1260. The monoisotopic (exact) mass is 1080 g/mol. The molecule has 0 aromatic rings. The Morgan fingerprint density at radius 2 is 0.545 bits per heavy atom. The molecule has 5 N–H and O–H groups in total. The van der Waals surface area contributed by atoms with Crippen LogP contribution in [0.25, 0.3) is 0 Å². The molecule has 6 heteroatoms. The minimum absolute atomic E-state index is 0.359. The molecule has 0 spiro atoms. The van der Waals surface area contributed by atoms with Gasteiger partial charge < -0.3 is 25.7 Å². The van der Waals surface area contributed by atoms with E-state index in [1.165, 1.54) is 283 Å². The highest BCUT2D eigenvalue weighted by molar-refractivity contribution is 5.80. The van der Waals surface area contributed by atoms with E-state index in [0.717, 1.165) is 51.4 Å². The standard InChI is InChI=1S/C71H135NO5/c1-3-5-7-9-11-13-15-17-19-21-23-25-27-29-31-33-35-37-38-40-42-44-46-48-50-52-54-56-58-60-62-64-68(74)70(76)67(66-73)72-71(77)69(75)65-63-61-59-57-55-53-51-49-47-45-43-41-39-36-34-32-30-28-26-24-22-20-18-16-14-12-10-8-6-4-2/h30,32,40,42,48,50,56,58,67-70,73-76H,3-29,31,33-39,41,43-47,49,51-55,57,59-66H2,1-2H3,(H,72,77)/b32-30-,42-40+,50-48+,58-56+. The normalized spacial score (nSPS) is 13.8. The van der Waals surface area contributed by atoms with Crippen molar-refractivity contribution >= 4 is 5.91 Å². The van der Waals surface area contributed by atoms with E-state index in [4.69, 9.17) is 0 Å². The average Bonchev–Trinajstić information content (AvgIpc) is 3.43. The number of carbonyl (C=O) groups excluding carboxylic acids is 1. The molecule has 0 radical (unpaired) electrons. The van der Waals surface area contributed by atoms with Crippen molar-refractivity contribution in [3.8, 4) is 0 Å². The van der Waals surface area contributed by atoms with Crippen molar-refractivity contribution in [2.24, 2.45) is 0 Å². The second kappa shape index (κ2) is 65.1. The van der Waals surface area contributed by atoms with Crippen molar-refractivity contribution in [3.63, 3.8) is 0 Å². The molecule has 1 amide bonds. The van der Waals surface area contributed by atoms with Gasteiger partial charge in [0.15, 0.2) is 0 Å². The molecule has 6 nitrogen and oxygen atoms in total. The zero-order valence-electron chi connectivity index (χ0n) is 51.7. The number of hydrogen-bond acceptors (Lipinski definition) is 5. The number of aliphatic hydroxyl groups is 4. The SMILES string of the molecule is CCCCCCCCCCCCCC/C=C\CCCCCCCCCCCCCCCCC(O)C(=O)NC(CO)C(O)C(O)CCC/C=C/CC/C=C/CC/C=C/CCCCCCCCCCCCCCCCCCCC. The lowest BCUT2D eigenvalue weighted by atomic mass is 10.00. The van der Waals surface area contributed by atoms with E-state index in [-0.39, 0.29) is 0 Å². The number of amides is 1. The van der Waals surface area contributed by atoms with Crippen LogP contribution in [0.4, 0.5) is 0 Å². The number of carbonyl (C=O) groups is 1. The summed E-state index contributed by atoms with van der Waals surface area (Å²) in [6.45, 7) is 4.09. The number of unbranched alkanes of at least 4 members (excludes halogenated alkanes) is 47. The molecule has 0 bridgehead atoms. The minimum atomic E-state index is -1.30. The summed E-state index contributed by atoms with van der Waals surface area (Å²) in [5.74, 6) is -0.595. The van der Waals surface area contributed by atoms with E-state index in [1.54, 1.807) is 0 Å². The molecule has 0 saturated heterocycles. The summed E-state index contributed by atoms with van der Waals surface area (Å²) in [5.41, 5.74) is 0. The van der Waals surface area contributed by atoms with Crippen LogP contribution in [0.1, 0.15) is 367 Å². The van der Waals surface area contributed by atoms with Gasteiger partial charge in [0.2, 0.25) is 5.91 Å². The van der Waals surface area contributed by atoms with Crippen LogP contribution in [0.3, 0.4) is 0 Å². The molecule has 0 heterocycles. The van der Waals surface area contributed by atoms with Gasteiger partial charge in [-0.1, -0.05) is 326 Å². The quantitative estimate of drug-likeness (QED) is 0.0308. The molecule has 0 aromatic heterocycles. The first-order valence-electron chi connectivity index (χ1n) is 34.5. The highest BCUT2D eigenvalue weighted by Gasteiger charge is 2.28. The Hall–Kier alpha value is -1.73. The first-order valence-corrected chi connectivity index (χ1v) is 34.5. The van der Waals surface area contributed by atoms with Gasteiger partial charge in [0.25, 0.3) is 0 Å². The van der Waals surface area contributed by atoms with Gasteiger partial charge in [-0.3, -0.25) is 4.79 Å². The summed E-state index contributed by atoms with van der Waals surface area (Å²) >= 11 is 0. The average molecular weight is 1080 g/mol. The number of allylic oxidation sites excluding steroid dienone is 8. The highest BCUT2D eigenvalue weighted by atomic mass is 16.3. The Kier molecular flexibility index (Phi) is 63.6. The summed E-state index contributed by atoms with van der Waals surface area (Å²) in [4.78, 5) is 12.7. The van der Waals surface area contributed by atoms with Crippen molar-refractivity contribution in [3.05, 3.63) is 48.6 Å². The zero-order valence-corrected chi connectivity index (χ0v) is 51.7. The Labute approximate surface area is 480 Å². The molecule has 0 aliphatic rings. The summed E-state index contributed by atoms with van der Waals surface area (Å²) < 4.78 is 0. The van der Waals surface area contributed by atoms with Crippen LogP contribution in [-0.4, -0.2) is 57.3 Å². The number of aliphatic hydroxyl groups excluding tert-OH is 4. The van der Waals surface area contributed by atoms with Gasteiger partial charge in [0.05, 0.1) is 18.8 Å². The topological polar surface area (TPSA) is 110 Å². The Balaban J connectivity index is 3.63. The van der Waals surface area contributed by atoms with Crippen LogP contribution in [0.15, 0.2) is 48.6 Å². The van der Waals surface area contributed by atoms with E-state index < -0.39 is 36.9 Å². The molecule has 0 aliphatic heterocycles. The van der Waals surface area contributed by atoms with Gasteiger partial charge in [0.1, 0.15) is 12.2 Å². The predicted octanol–water partition coefficient (Wildman–Crippen LogP) is 21.3. The maximum Gasteiger partial charge on any atom is 0.249 e. The van der Waals surface area contributed by atoms with Crippen molar-refractivity contribution < 1.29 is 25.2 Å². The smallest absolute Gasteiger partial charge is 0.249 e. The van der Waals surface area contributed by atoms with Crippen molar-refractivity contribution in [1.29, 1.82) is 0 Å². The maximum atomic E-state index is 12.7. The number of nitrogens with one attached hydrogen (secondary N) is 1. The van der Waals surface area contributed by atoms with E-state index >= 15 is 0 Å². The van der Waals surface area contributed by atoms with Crippen LogP contribution in [-0.2, 0) is 4.79 Å². The lowest BCUT2D eigenvalue weighted by Gasteiger charge is -2.27. The van der Waals surface area contributed by atoms with Crippen LogP contribution >= 0.6 is 0 Å². The van der Waals surface area contributed by atoms with Gasteiger partial charge in [0, 0.05) is 0 Å². The zero-order chi connectivity index (χ0) is 55.8. The molecule has 0 saturated carbocycles. The first kappa shape index (κ1) is 75.3. The van der Waals surface area contributed by atoms with Crippen LogP contribution in [0.2, 0.25) is 0 Å². The van der Waals surface area contributed by atoms with E-state index in [1.807, 2.05) is 0 Å². The molecule has 454 valence electrons. The third-order valence-electron chi connectivity index (χ3n) is 16.2. The Morgan fingerprint density at radius 1 is 0.312 bits per heavy atom. The molecular formula is C71H135NO5. The van der Waals surface area contributed by atoms with Crippen molar-refractivity contribution in [2.75, 3.05) is 6.61 Å². The van der Waals surface area contributed by atoms with Gasteiger partial charge in [-0.15, -0.1) is 0 Å². The molecule has 0 aromatic carbocycles. The van der Waals surface area contributed by atoms with E-state index in [2.05, 4.69) is 67.8 Å². The van der Waals surface area contributed by atoms with Gasteiger partial charge in [-0.25, -0.2) is 0 Å². The summed E-state index contributed by atoms with van der Waals surface area (Å²) in [6.07, 6.45) is 85.2. The molecule has 0 rings (SSSR count). The third-order valence-corrected chi connectivity index (χ3v) is 16.2. The molecule has 4 atom stereocenters. The van der Waals surface area contributed by atoms with E-state index in [9.17, 15) is 25.2 Å². The molecule has 77 heavy (non-hydrogen) atoms. The maximum absolute atomic E-state index is 12.7. The Morgan fingerprint density at radius 3 is 0.818 bits per heavy atom. The first-order chi connectivity index (χ1) is 38.0. The lowest BCUT2D eigenvalue weighted by molar-refractivity contribution is -0.132. The van der Waals surface area contributed by atoms with Gasteiger partial charge in [-0.05, 0) is 89.9 Å². The summed E-state index contributed by atoms with van der Waals surface area (Å²) in [5, 5.41) is 44.2. The van der Waals surface area contributed by atoms with Gasteiger partial charge in [-0.2, -0.15) is 0 Å². The molecule has 0 fully saturated rings. The fourth-order valence-corrected chi connectivity index (χ4v) is 10.8. The second-order valence-electron chi connectivity index (χ2n) is 23.8. The summed E-state index contributed by atoms with van der Waals surface area (Å²) in [7, 11) is 0. The lowest BCUT2D eigenvalue weighted by Crippen LogP contribution is -2.53. The summed E-state index contributed by atoms with van der Waals surface area (Å²) in [6, 6.07) is -1.01. The second-order valence-corrected chi connectivity index (χ2v) is 23.8. The van der Waals surface area contributed by atoms with Crippen LogP contribution < -0.4 is 5.32 Å². The fraction of sp³-hybridized carbons (Fsp3) is 0.873.